The fourth-order valence-electron chi connectivity index (χ4n) is 3.38. The molecule has 170 valence electrons. The van der Waals surface area contributed by atoms with Crippen molar-refractivity contribution in [1.29, 1.82) is 0 Å². The highest BCUT2D eigenvalue weighted by molar-refractivity contribution is 14.0. The molecule has 0 aromatic heterocycles. The predicted octanol–water partition coefficient (Wildman–Crippen LogP) is 2.80. The monoisotopic (exact) mass is 551 g/mol. The first-order valence-electron chi connectivity index (χ1n) is 10.3. The number of rotatable bonds is 9. The summed E-state index contributed by atoms with van der Waals surface area (Å²) >= 11 is 6.09. The van der Waals surface area contributed by atoms with E-state index in [1.807, 2.05) is 24.3 Å². The molecule has 1 aromatic carbocycles. The summed E-state index contributed by atoms with van der Waals surface area (Å²) in [6.07, 6.45) is 2.80. The number of hydrogen-bond donors (Lipinski definition) is 3. The largest absolute Gasteiger partial charge is 0.375 e. The molecule has 1 aromatic rings. The van der Waals surface area contributed by atoms with Crippen molar-refractivity contribution in [1.82, 2.24) is 20.9 Å². The van der Waals surface area contributed by atoms with Crippen molar-refractivity contribution in [3.05, 3.63) is 34.9 Å². The fourth-order valence-corrected chi connectivity index (χ4v) is 3.58. The maximum absolute atomic E-state index is 11.9. The zero-order valence-corrected chi connectivity index (χ0v) is 21.2. The van der Waals surface area contributed by atoms with Gasteiger partial charge in [0.25, 0.3) is 0 Å². The Labute approximate surface area is 202 Å². The Morgan fingerprint density at radius 2 is 2.07 bits per heavy atom. The number of halogens is 2. The van der Waals surface area contributed by atoms with Crippen LogP contribution in [0.2, 0.25) is 5.02 Å². The third-order valence-corrected chi connectivity index (χ3v) is 5.29. The molecule has 30 heavy (non-hydrogen) atoms. The molecular weight excluding hydrogens is 517 g/mol. The van der Waals surface area contributed by atoms with Gasteiger partial charge in [0.2, 0.25) is 5.91 Å². The van der Waals surface area contributed by atoms with E-state index < -0.39 is 0 Å². The van der Waals surface area contributed by atoms with Crippen LogP contribution in [-0.2, 0) is 9.53 Å². The summed E-state index contributed by atoms with van der Waals surface area (Å²) in [7, 11) is 3.46. The Balaban J connectivity index is 0.00000450. The van der Waals surface area contributed by atoms with Crippen LogP contribution < -0.4 is 16.0 Å². The SMILES string of the molecule is CCCNC(=O)CN1CCC(NC(=NC)NCC(OC)c2cccc(Cl)c2)CC1.I. The van der Waals surface area contributed by atoms with Gasteiger partial charge in [-0.3, -0.25) is 14.7 Å². The van der Waals surface area contributed by atoms with E-state index in [0.29, 0.717) is 24.2 Å². The number of methoxy groups -OCH3 is 1. The molecule has 9 heteroatoms. The van der Waals surface area contributed by atoms with Crippen molar-refractivity contribution < 1.29 is 9.53 Å². The lowest BCUT2D eigenvalue weighted by Gasteiger charge is -2.32. The summed E-state index contributed by atoms with van der Waals surface area (Å²) in [5.74, 6) is 0.871. The van der Waals surface area contributed by atoms with Gasteiger partial charge in [-0.15, -0.1) is 24.0 Å². The standard InChI is InChI=1S/C21H34ClN5O2.HI/c1-4-10-24-20(28)15-27-11-8-18(9-12-27)26-21(23-2)25-14-19(29-3)16-6-5-7-17(22)13-16;/h5-7,13,18-19H,4,8-12,14-15H2,1-3H3,(H,24,28)(H2,23,25,26);1H. The molecule has 0 spiro atoms. The van der Waals surface area contributed by atoms with Crippen LogP contribution in [0.15, 0.2) is 29.3 Å². The zero-order chi connectivity index (χ0) is 21.1. The lowest BCUT2D eigenvalue weighted by atomic mass is 10.1. The van der Waals surface area contributed by atoms with Crippen molar-refractivity contribution >= 4 is 47.4 Å². The first-order valence-corrected chi connectivity index (χ1v) is 10.7. The smallest absolute Gasteiger partial charge is 0.234 e. The highest BCUT2D eigenvalue weighted by atomic mass is 127. The molecule has 3 N–H and O–H groups in total. The van der Waals surface area contributed by atoms with Crippen LogP contribution in [0, 0.1) is 0 Å². The maximum Gasteiger partial charge on any atom is 0.234 e. The number of carbonyl (C=O) groups is 1. The number of ether oxygens (including phenoxy) is 1. The average molecular weight is 552 g/mol. The average Bonchev–Trinajstić information content (AvgIpc) is 2.73. The number of amides is 1. The number of nitrogens with zero attached hydrogens (tertiary/aromatic N) is 2. The van der Waals surface area contributed by atoms with Gasteiger partial charge >= 0.3 is 0 Å². The summed E-state index contributed by atoms with van der Waals surface area (Å²) in [6.45, 7) is 5.68. The van der Waals surface area contributed by atoms with Crippen molar-refractivity contribution in [3.63, 3.8) is 0 Å². The third-order valence-electron chi connectivity index (χ3n) is 5.05. The first kappa shape index (κ1) is 26.9. The van der Waals surface area contributed by atoms with Gasteiger partial charge in [0.15, 0.2) is 5.96 Å². The molecular formula is C21H35ClIN5O2. The van der Waals surface area contributed by atoms with Gasteiger partial charge in [-0.1, -0.05) is 30.7 Å². The van der Waals surface area contributed by atoms with Crippen molar-refractivity contribution in [2.45, 2.75) is 38.3 Å². The summed E-state index contributed by atoms with van der Waals surface area (Å²) in [6, 6.07) is 8.03. The van der Waals surface area contributed by atoms with E-state index in [-0.39, 0.29) is 36.0 Å². The van der Waals surface area contributed by atoms with E-state index in [1.54, 1.807) is 14.2 Å². The lowest BCUT2D eigenvalue weighted by molar-refractivity contribution is -0.122. The molecule has 0 bridgehead atoms. The molecule has 7 nitrogen and oxygen atoms in total. The molecule has 1 heterocycles. The van der Waals surface area contributed by atoms with Gasteiger partial charge in [-0.25, -0.2) is 0 Å². The molecule has 2 rings (SSSR count). The highest BCUT2D eigenvalue weighted by Gasteiger charge is 2.21. The molecule has 1 saturated heterocycles. The van der Waals surface area contributed by atoms with Crippen LogP contribution in [-0.4, -0.2) is 69.7 Å². The molecule has 1 unspecified atom stereocenters. The Morgan fingerprint density at radius 3 is 2.67 bits per heavy atom. The Morgan fingerprint density at radius 1 is 1.33 bits per heavy atom. The van der Waals surface area contributed by atoms with Crippen molar-refractivity contribution in [2.24, 2.45) is 4.99 Å². The maximum atomic E-state index is 11.9. The molecule has 1 amide bonds. The second-order valence-electron chi connectivity index (χ2n) is 7.28. The van der Waals surface area contributed by atoms with E-state index in [0.717, 1.165) is 50.4 Å². The summed E-state index contributed by atoms with van der Waals surface area (Å²) in [4.78, 5) is 18.4. The van der Waals surface area contributed by atoms with Gasteiger partial charge in [0.05, 0.1) is 12.6 Å². The number of aliphatic imine (C=N–C) groups is 1. The van der Waals surface area contributed by atoms with E-state index in [9.17, 15) is 4.79 Å². The summed E-state index contributed by atoms with van der Waals surface area (Å²) in [5.41, 5.74) is 1.03. The topological polar surface area (TPSA) is 78.0 Å². The van der Waals surface area contributed by atoms with Crippen LogP contribution >= 0.6 is 35.6 Å². The number of likely N-dealkylation sites (tertiary alicyclic amines) is 1. The van der Waals surface area contributed by atoms with E-state index in [4.69, 9.17) is 16.3 Å². The molecule has 0 aliphatic carbocycles. The van der Waals surface area contributed by atoms with Crippen molar-refractivity contribution in [3.8, 4) is 0 Å². The van der Waals surface area contributed by atoms with Crippen LogP contribution in [0.5, 0.6) is 0 Å². The van der Waals surface area contributed by atoms with E-state index in [1.165, 1.54) is 0 Å². The minimum Gasteiger partial charge on any atom is -0.375 e. The van der Waals surface area contributed by atoms with Crippen LogP contribution in [0.25, 0.3) is 0 Å². The lowest BCUT2D eigenvalue weighted by Crippen LogP contribution is -2.50. The number of carbonyl (C=O) groups excluding carboxylic acids is 1. The van der Waals surface area contributed by atoms with Gasteiger partial charge in [0, 0.05) is 51.4 Å². The van der Waals surface area contributed by atoms with Crippen LogP contribution in [0.1, 0.15) is 37.9 Å². The Bertz CT molecular complexity index is 669. The second-order valence-corrected chi connectivity index (χ2v) is 7.71. The number of benzene rings is 1. The number of hydrogen-bond acceptors (Lipinski definition) is 4. The summed E-state index contributed by atoms with van der Waals surface area (Å²) in [5, 5.41) is 10.5. The highest BCUT2D eigenvalue weighted by Crippen LogP contribution is 2.19. The number of nitrogens with one attached hydrogen (secondary N) is 3. The molecule has 1 fully saturated rings. The molecule has 1 aliphatic rings. The first-order chi connectivity index (χ1) is 14.0. The fraction of sp³-hybridized carbons (Fsp3) is 0.619. The molecule has 1 aliphatic heterocycles. The van der Waals surface area contributed by atoms with Crippen LogP contribution in [0.3, 0.4) is 0 Å². The summed E-state index contributed by atoms with van der Waals surface area (Å²) < 4.78 is 5.61. The predicted molar refractivity (Wildman–Crippen MR) is 134 cm³/mol. The number of guanidine groups is 1. The minimum absolute atomic E-state index is 0. The molecule has 0 radical (unpaired) electrons. The van der Waals surface area contributed by atoms with Crippen LogP contribution in [0.4, 0.5) is 0 Å². The third kappa shape index (κ3) is 9.36. The van der Waals surface area contributed by atoms with E-state index in [2.05, 4.69) is 32.8 Å². The van der Waals surface area contributed by atoms with Gasteiger partial charge in [-0.2, -0.15) is 0 Å². The quantitative estimate of drug-likeness (QED) is 0.250. The van der Waals surface area contributed by atoms with E-state index >= 15 is 0 Å². The molecule has 0 saturated carbocycles. The normalized spacial score (nSPS) is 16.5. The second kappa shape index (κ2) is 14.8. The van der Waals surface area contributed by atoms with Crippen molar-refractivity contribution in [2.75, 3.05) is 46.9 Å². The van der Waals surface area contributed by atoms with Gasteiger partial charge in [-0.05, 0) is 37.0 Å². The Hall–Kier alpha value is -1.10. The number of piperidine rings is 1. The minimum atomic E-state index is -0.115. The van der Waals surface area contributed by atoms with Gasteiger partial charge in [0.1, 0.15) is 0 Å². The zero-order valence-electron chi connectivity index (χ0n) is 18.1. The molecule has 1 atom stereocenters. The Kier molecular flexibility index (Phi) is 13.3. The van der Waals surface area contributed by atoms with Gasteiger partial charge < -0.3 is 20.7 Å².